The van der Waals surface area contributed by atoms with Gasteiger partial charge in [-0.25, -0.2) is 9.37 Å². The summed E-state index contributed by atoms with van der Waals surface area (Å²) in [7, 11) is 0. The van der Waals surface area contributed by atoms with Crippen LogP contribution in [0.2, 0.25) is 0 Å². The van der Waals surface area contributed by atoms with E-state index in [1.54, 1.807) is 6.08 Å². The number of nitrogens with one attached hydrogen (secondary N) is 1. The maximum absolute atomic E-state index is 13.1. The van der Waals surface area contributed by atoms with Gasteiger partial charge in [0.2, 0.25) is 0 Å². The van der Waals surface area contributed by atoms with Crippen molar-refractivity contribution >= 4 is 0 Å². The van der Waals surface area contributed by atoms with Crippen molar-refractivity contribution in [2.24, 2.45) is 0 Å². The van der Waals surface area contributed by atoms with E-state index in [0.717, 1.165) is 24.6 Å². The van der Waals surface area contributed by atoms with Crippen LogP contribution in [0.25, 0.3) is 0 Å². The van der Waals surface area contributed by atoms with Gasteiger partial charge in [-0.3, -0.25) is 10.00 Å². The predicted octanol–water partition coefficient (Wildman–Crippen LogP) is 1.73. The molecule has 0 saturated carbocycles. The lowest BCUT2D eigenvalue weighted by Gasteiger charge is -2.28. The van der Waals surface area contributed by atoms with Crippen LogP contribution in [-0.2, 0) is 0 Å². The summed E-state index contributed by atoms with van der Waals surface area (Å²) >= 11 is 0. The number of nitrogens with zero attached hydrogens (tertiary/aromatic N) is 3. The summed E-state index contributed by atoms with van der Waals surface area (Å²) in [5, 5.41) is 6.90. The molecule has 0 aromatic carbocycles. The molecule has 0 saturated heterocycles. The molecule has 4 nitrogen and oxygen atoms in total. The number of hydrogen-bond donors (Lipinski definition) is 1. The van der Waals surface area contributed by atoms with Crippen LogP contribution in [0.5, 0.6) is 0 Å². The zero-order valence-electron chi connectivity index (χ0n) is 9.00. The average molecular weight is 210 g/mol. The second kappa shape index (κ2) is 4.10. The molecule has 2 rings (SSSR count). The third-order valence-electron chi connectivity index (χ3n) is 2.67. The molecule has 0 bridgehead atoms. The molecule has 1 unspecified atom stereocenters. The first kappa shape index (κ1) is 10.3. The van der Waals surface area contributed by atoms with E-state index in [4.69, 9.17) is 0 Å². The van der Waals surface area contributed by atoms with Gasteiger partial charge in [0.15, 0.2) is 5.82 Å². The van der Waals surface area contributed by atoms with Crippen molar-refractivity contribution in [1.29, 1.82) is 0 Å². The third kappa shape index (κ3) is 2.23. The van der Waals surface area contributed by atoms with Crippen LogP contribution < -0.4 is 0 Å². The molecule has 0 aliphatic carbocycles. The lowest BCUT2D eigenvalue weighted by Crippen LogP contribution is -2.32. The number of hydrogen-bond acceptors (Lipinski definition) is 3. The van der Waals surface area contributed by atoms with Crippen molar-refractivity contribution in [3.05, 3.63) is 23.6 Å². The van der Waals surface area contributed by atoms with Crippen molar-refractivity contribution < 1.29 is 4.39 Å². The van der Waals surface area contributed by atoms with Crippen LogP contribution in [0.15, 0.2) is 11.9 Å². The van der Waals surface area contributed by atoms with E-state index in [9.17, 15) is 4.39 Å². The Kier molecular flexibility index (Phi) is 2.81. The molecule has 82 valence electrons. The molecule has 5 heteroatoms. The molecule has 15 heavy (non-hydrogen) atoms. The van der Waals surface area contributed by atoms with Gasteiger partial charge in [-0.15, -0.1) is 0 Å². The molecule has 2 heterocycles. The Bertz CT molecular complexity index is 371. The number of rotatable bonds is 2. The first-order valence-corrected chi connectivity index (χ1v) is 5.14. The summed E-state index contributed by atoms with van der Waals surface area (Å²) in [4.78, 5) is 6.30. The molecule has 1 N–H and O–H groups in total. The van der Waals surface area contributed by atoms with Crippen LogP contribution in [0.1, 0.15) is 31.0 Å². The van der Waals surface area contributed by atoms with Gasteiger partial charge in [0.25, 0.3) is 0 Å². The van der Waals surface area contributed by atoms with Crippen LogP contribution in [0.4, 0.5) is 4.39 Å². The first-order valence-electron chi connectivity index (χ1n) is 5.14. The van der Waals surface area contributed by atoms with E-state index in [1.807, 2.05) is 18.7 Å². The quantitative estimate of drug-likeness (QED) is 0.808. The Morgan fingerprint density at radius 3 is 3.00 bits per heavy atom. The first-order chi connectivity index (χ1) is 7.16. The number of aromatic nitrogens is 3. The lowest BCUT2D eigenvalue weighted by molar-refractivity contribution is 0.200. The van der Waals surface area contributed by atoms with Gasteiger partial charge in [0, 0.05) is 6.54 Å². The number of aromatic amines is 1. The molecule has 1 aromatic heterocycles. The van der Waals surface area contributed by atoms with Crippen LogP contribution in [0, 0.1) is 6.92 Å². The third-order valence-corrected chi connectivity index (χ3v) is 2.67. The van der Waals surface area contributed by atoms with Gasteiger partial charge in [-0.1, -0.05) is 6.08 Å². The minimum Gasteiger partial charge on any atom is -0.287 e. The topological polar surface area (TPSA) is 44.8 Å². The second-order valence-electron chi connectivity index (χ2n) is 3.87. The predicted molar refractivity (Wildman–Crippen MR) is 54.9 cm³/mol. The van der Waals surface area contributed by atoms with Gasteiger partial charge in [0.05, 0.1) is 12.6 Å². The van der Waals surface area contributed by atoms with Crippen molar-refractivity contribution in [3.63, 3.8) is 0 Å². The van der Waals surface area contributed by atoms with Crippen LogP contribution >= 0.6 is 0 Å². The maximum Gasteiger partial charge on any atom is 0.167 e. The standard InChI is InChI=1S/C10H15FN4/c1-7(10-12-8(2)13-14-10)15-5-3-4-9(11)6-15/h4,7H,3,5-6H2,1-2H3,(H,12,13,14). The Labute approximate surface area is 88.2 Å². The average Bonchev–Trinajstić information content (AvgIpc) is 2.64. The zero-order valence-corrected chi connectivity index (χ0v) is 9.00. The molecule has 1 aliphatic heterocycles. The summed E-state index contributed by atoms with van der Waals surface area (Å²) < 4.78 is 13.1. The number of halogens is 1. The van der Waals surface area contributed by atoms with E-state index in [0.29, 0.717) is 6.54 Å². The molecule has 0 spiro atoms. The minimum absolute atomic E-state index is 0.0552. The number of aryl methyl sites for hydroxylation is 1. The van der Waals surface area contributed by atoms with Gasteiger partial charge in [0.1, 0.15) is 11.7 Å². The molecule has 1 atom stereocenters. The Morgan fingerprint density at radius 1 is 1.60 bits per heavy atom. The highest BCUT2D eigenvalue weighted by atomic mass is 19.1. The normalized spacial score (nSPS) is 20.1. The summed E-state index contributed by atoms with van der Waals surface area (Å²) in [5.74, 6) is 1.48. The fourth-order valence-corrected chi connectivity index (χ4v) is 1.77. The summed E-state index contributed by atoms with van der Waals surface area (Å²) in [6.45, 7) is 5.10. The van der Waals surface area contributed by atoms with E-state index in [1.165, 1.54) is 0 Å². The SMILES string of the molecule is Cc1nc(C(C)N2CCC=C(F)C2)n[nH]1. The molecule has 1 aromatic rings. The van der Waals surface area contributed by atoms with E-state index in [2.05, 4.69) is 15.2 Å². The van der Waals surface area contributed by atoms with E-state index in [-0.39, 0.29) is 11.9 Å². The molecular weight excluding hydrogens is 195 g/mol. The van der Waals surface area contributed by atoms with Gasteiger partial charge in [-0.2, -0.15) is 5.10 Å². The molecule has 0 amide bonds. The van der Waals surface area contributed by atoms with Crippen molar-refractivity contribution in [2.75, 3.05) is 13.1 Å². The highest BCUT2D eigenvalue weighted by Crippen LogP contribution is 2.21. The highest BCUT2D eigenvalue weighted by Gasteiger charge is 2.22. The fourth-order valence-electron chi connectivity index (χ4n) is 1.77. The van der Waals surface area contributed by atoms with Gasteiger partial charge < -0.3 is 0 Å². The number of H-pyrrole nitrogens is 1. The second-order valence-corrected chi connectivity index (χ2v) is 3.87. The maximum atomic E-state index is 13.1. The van der Waals surface area contributed by atoms with Crippen LogP contribution in [-0.4, -0.2) is 33.2 Å². The van der Waals surface area contributed by atoms with E-state index < -0.39 is 0 Å². The largest absolute Gasteiger partial charge is 0.287 e. The summed E-state index contributed by atoms with van der Waals surface area (Å²) in [6, 6.07) is 0.0643. The summed E-state index contributed by atoms with van der Waals surface area (Å²) in [5.41, 5.74) is 0. The fraction of sp³-hybridized carbons (Fsp3) is 0.600. The van der Waals surface area contributed by atoms with Crippen molar-refractivity contribution in [3.8, 4) is 0 Å². The van der Waals surface area contributed by atoms with Gasteiger partial charge >= 0.3 is 0 Å². The lowest BCUT2D eigenvalue weighted by atomic mass is 10.2. The molecular formula is C10H15FN4. The van der Waals surface area contributed by atoms with Crippen LogP contribution in [0.3, 0.4) is 0 Å². The molecule has 0 radical (unpaired) electrons. The molecule has 0 fully saturated rings. The highest BCUT2D eigenvalue weighted by molar-refractivity contribution is 5.03. The monoisotopic (exact) mass is 210 g/mol. The van der Waals surface area contributed by atoms with Gasteiger partial charge in [-0.05, 0) is 20.3 Å². The van der Waals surface area contributed by atoms with Crippen molar-refractivity contribution in [1.82, 2.24) is 20.1 Å². The minimum atomic E-state index is -0.0552. The Hall–Kier alpha value is -1.23. The van der Waals surface area contributed by atoms with Crippen molar-refractivity contribution in [2.45, 2.75) is 26.3 Å². The smallest absolute Gasteiger partial charge is 0.167 e. The van der Waals surface area contributed by atoms with E-state index >= 15 is 0 Å². The summed E-state index contributed by atoms with van der Waals surface area (Å²) in [6.07, 6.45) is 2.41. The molecule has 1 aliphatic rings. The Morgan fingerprint density at radius 2 is 2.40 bits per heavy atom. The zero-order chi connectivity index (χ0) is 10.8. The Balaban J connectivity index is 2.08.